The zero-order valence-electron chi connectivity index (χ0n) is 12.7. The SMILES string of the molecule is O=C(CCC(=O)c1ccccc1)NCCc1ccc(O)c(O)c1. The molecule has 120 valence electrons. The van der Waals surface area contributed by atoms with Crippen molar-refractivity contribution in [3.8, 4) is 11.5 Å². The number of hydrogen-bond donors (Lipinski definition) is 3. The lowest BCUT2D eigenvalue weighted by molar-refractivity contribution is -0.121. The van der Waals surface area contributed by atoms with Crippen molar-refractivity contribution in [3.05, 3.63) is 59.7 Å². The van der Waals surface area contributed by atoms with Crippen LogP contribution in [-0.4, -0.2) is 28.4 Å². The molecule has 0 unspecified atom stereocenters. The monoisotopic (exact) mass is 313 g/mol. The number of ketones is 1. The van der Waals surface area contributed by atoms with Crippen LogP contribution in [0.5, 0.6) is 11.5 Å². The minimum Gasteiger partial charge on any atom is -0.504 e. The van der Waals surface area contributed by atoms with Crippen LogP contribution in [0.1, 0.15) is 28.8 Å². The molecule has 2 aromatic rings. The maximum absolute atomic E-state index is 11.9. The topological polar surface area (TPSA) is 86.6 Å². The van der Waals surface area contributed by atoms with E-state index in [4.69, 9.17) is 0 Å². The molecule has 0 fully saturated rings. The Bertz CT molecular complexity index is 683. The van der Waals surface area contributed by atoms with Gasteiger partial charge in [-0.05, 0) is 24.1 Å². The molecule has 23 heavy (non-hydrogen) atoms. The van der Waals surface area contributed by atoms with Crippen LogP contribution in [0.2, 0.25) is 0 Å². The maximum Gasteiger partial charge on any atom is 0.220 e. The first-order chi connectivity index (χ1) is 11.1. The molecule has 0 spiro atoms. The summed E-state index contributed by atoms with van der Waals surface area (Å²) in [5.41, 5.74) is 1.42. The lowest BCUT2D eigenvalue weighted by Gasteiger charge is -2.06. The van der Waals surface area contributed by atoms with Gasteiger partial charge < -0.3 is 15.5 Å². The van der Waals surface area contributed by atoms with Gasteiger partial charge in [0, 0.05) is 24.9 Å². The van der Waals surface area contributed by atoms with Gasteiger partial charge >= 0.3 is 0 Å². The van der Waals surface area contributed by atoms with Crippen molar-refractivity contribution < 1.29 is 19.8 Å². The van der Waals surface area contributed by atoms with Crippen LogP contribution < -0.4 is 5.32 Å². The molecule has 0 aromatic heterocycles. The summed E-state index contributed by atoms with van der Waals surface area (Å²) < 4.78 is 0. The Kier molecular flexibility index (Phi) is 5.74. The van der Waals surface area contributed by atoms with E-state index in [0.29, 0.717) is 18.5 Å². The summed E-state index contributed by atoms with van der Waals surface area (Å²) in [6, 6.07) is 13.4. The minimum atomic E-state index is -0.183. The molecule has 5 heteroatoms. The largest absolute Gasteiger partial charge is 0.504 e. The van der Waals surface area contributed by atoms with E-state index in [1.54, 1.807) is 30.3 Å². The molecular weight excluding hydrogens is 294 g/mol. The normalized spacial score (nSPS) is 10.3. The van der Waals surface area contributed by atoms with Gasteiger partial charge in [-0.3, -0.25) is 9.59 Å². The van der Waals surface area contributed by atoms with Crippen LogP contribution in [0.25, 0.3) is 0 Å². The Hall–Kier alpha value is -2.82. The summed E-state index contributed by atoms with van der Waals surface area (Å²) in [5.74, 6) is -0.582. The summed E-state index contributed by atoms with van der Waals surface area (Å²) in [7, 11) is 0. The summed E-state index contributed by atoms with van der Waals surface area (Å²) in [6.45, 7) is 0.405. The second kappa shape index (κ2) is 7.98. The average Bonchev–Trinajstić information content (AvgIpc) is 2.56. The number of hydrogen-bond acceptors (Lipinski definition) is 4. The van der Waals surface area contributed by atoms with Crippen molar-refractivity contribution in [2.24, 2.45) is 0 Å². The fourth-order valence-electron chi connectivity index (χ4n) is 2.15. The molecule has 5 nitrogen and oxygen atoms in total. The van der Waals surface area contributed by atoms with Crippen molar-refractivity contribution in [2.75, 3.05) is 6.54 Å². The van der Waals surface area contributed by atoms with Crippen LogP contribution >= 0.6 is 0 Å². The molecule has 2 rings (SSSR count). The number of carbonyl (C=O) groups is 2. The third-order valence-corrected chi connectivity index (χ3v) is 3.45. The van der Waals surface area contributed by atoms with Gasteiger partial charge in [0.05, 0.1) is 0 Å². The molecule has 0 heterocycles. The number of aromatic hydroxyl groups is 2. The number of rotatable bonds is 7. The van der Waals surface area contributed by atoms with Gasteiger partial charge in [-0.15, -0.1) is 0 Å². The predicted molar refractivity (Wildman–Crippen MR) is 86.5 cm³/mol. The smallest absolute Gasteiger partial charge is 0.220 e. The van der Waals surface area contributed by atoms with Gasteiger partial charge in [-0.25, -0.2) is 0 Å². The zero-order chi connectivity index (χ0) is 16.7. The molecule has 0 saturated heterocycles. The molecule has 0 aliphatic carbocycles. The molecular formula is C18H19NO4. The van der Waals surface area contributed by atoms with Crippen LogP contribution in [-0.2, 0) is 11.2 Å². The van der Waals surface area contributed by atoms with E-state index in [1.165, 1.54) is 12.1 Å². The molecule has 0 aliphatic heterocycles. The van der Waals surface area contributed by atoms with Crippen LogP contribution in [0.3, 0.4) is 0 Å². The van der Waals surface area contributed by atoms with Gasteiger partial charge in [0.15, 0.2) is 17.3 Å². The van der Waals surface area contributed by atoms with Gasteiger partial charge in [-0.1, -0.05) is 36.4 Å². The molecule has 0 bridgehead atoms. The highest BCUT2D eigenvalue weighted by atomic mass is 16.3. The predicted octanol–water partition coefficient (Wildman–Crippen LogP) is 2.42. The van der Waals surface area contributed by atoms with E-state index in [-0.39, 0.29) is 36.0 Å². The molecule has 0 saturated carbocycles. The summed E-state index contributed by atoms with van der Waals surface area (Å²) in [5, 5.41) is 21.3. The van der Waals surface area contributed by atoms with Crippen molar-refractivity contribution in [1.82, 2.24) is 5.32 Å². The molecule has 2 aromatic carbocycles. The Morgan fingerprint density at radius 2 is 1.65 bits per heavy atom. The first kappa shape index (κ1) is 16.5. The number of nitrogens with one attached hydrogen (secondary N) is 1. The highest BCUT2D eigenvalue weighted by Crippen LogP contribution is 2.24. The van der Waals surface area contributed by atoms with Crippen LogP contribution in [0, 0.1) is 0 Å². The van der Waals surface area contributed by atoms with E-state index in [9.17, 15) is 19.8 Å². The van der Waals surface area contributed by atoms with E-state index in [2.05, 4.69) is 5.32 Å². The van der Waals surface area contributed by atoms with Crippen LogP contribution in [0.4, 0.5) is 0 Å². The number of phenolic OH excluding ortho intramolecular Hbond substituents is 2. The standard InChI is InChI=1S/C18H19NO4/c20-15(14-4-2-1-3-5-14)8-9-18(23)19-11-10-13-6-7-16(21)17(22)12-13/h1-7,12,21-22H,8-11H2,(H,19,23). The number of phenols is 2. The van der Waals surface area contributed by atoms with Crippen molar-refractivity contribution in [3.63, 3.8) is 0 Å². The summed E-state index contributed by atoms with van der Waals surface area (Å²) in [6.07, 6.45) is 0.858. The van der Waals surface area contributed by atoms with Crippen molar-refractivity contribution in [2.45, 2.75) is 19.3 Å². The van der Waals surface area contributed by atoms with E-state index >= 15 is 0 Å². The fraction of sp³-hybridized carbons (Fsp3) is 0.222. The van der Waals surface area contributed by atoms with E-state index < -0.39 is 0 Å². The lowest BCUT2D eigenvalue weighted by Crippen LogP contribution is -2.26. The summed E-state index contributed by atoms with van der Waals surface area (Å²) in [4.78, 5) is 23.6. The molecule has 0 radical (unpaired) electrons. The van der Waals surface area contributed by atoms with E-state index in [0.717, 1.165) is 5.56 Å². The van der Waals surface area contributed by atoms with Crippen molar-refractivity contribution >= 4 is 11.7 Å². The Balaban J connectivity index is 1.71. The Labute approximate surface area is 134 Å². The number of Topliss-reactive ketones (excluding diaryl/α,β-unsaturated/α-hetero) is 1. The average molecular weight is 313 g/mol. The molecule has 3 N–H and O–H groups in total. The number of carbonyl (C=O) groups excluding carboxylic acids is 2. The summed E-state index contributed by atoms with van der Waals surface area (Å²) >= 11 is 0. The quantitative estimate of drug-likeness (QED) is 0.541. The Morgan fingerprint density at radius 3 is 2.35 bits per heavy atom. The first-order valence-electron chi connectivity index (χ1n) is 7.42. The number of amides is 1. The third kappa shape index (κ3) is 5.14. The van der Waals surface area contributed by atoms with E-state index in [1.807, 2.05) is 6.07 Å². The van der Waals surface area contributed by atoms with Gasteiger partial charge in [-0.2, -0.15) is 0 Å². The second-order valence-electron chi connectivity index (χ2n) is 5.21. The van der Waals surface area contributed by atoms with Gasteiger partial charge in [0.2, 0.25) is 5.91 Å². The number of benzene rings is 2. The highest BCUT2D eigenvalue weighted by molar-refractivity contribution is 5.97. The lowest BCUT2D eigenvalue weighted by atomic mass is 10.1. The fourth-order valence-corrected chi connectivity index (χ4v) is 2.15. The van der Waals surface area contributed by atoms with Crippen LogP contribution in [0.15, 0.2) is 48.5 Å². The van der Waals surface area contributed by atoms with Gasteiger partial charge in [0.25, 0.3) is 0 Å². The highest BCUT2D eigenvalue weighted by Gasteiger charge is 2.08. The third-order valence-electron chi connectivity index (χ3n) is 3.45. The molecule has 0 aliphatic rings. The second-order valence-corrected chi connectivity index (χ2v) is 5.21. The zero-order valence-corrected chi connectivity index (χ0v) is 12.7. The maximum atomic E-state index is 11.9. The Morgan fingerprint density at radius 1 is 0.913 bits per heavy atom. The van der Waals surface area contributed by atoms with Crippen molar-refractivity contribution in [1.29, 1.82) is 0 Å². The van der Waals surface area contributed by atoms with Gasteiger partial charge in [0.1, 0.15) is 0 Å². The molecule has 0 atom stereocenters. The minimum absolute atomic E-state index is 0.0517. The first-order valence-corrected chi connectivity index (χ1v) is 7.42. The molecule has 1 amide bonds.